The van der Waals surface area contributed by atoms with Gasteiger partial charge in [-0.2, -0.15) is 0 Å². The van der Waals surface area contributed by atoms with Gasteiger partial charge in [-0.1, -0.05) is 13.3 Å². The number of aliphatic carboxylic acids is 1. The van der Waals surface area contributed by atoms with Crippen molar-refractivity contribution in [3.8, 4) is 0 Å². The van der Waals surface area contributed by atoms with Crippen molar-refractivity contribution in [2.45, 2.75) is 45.3 Å². The van der Waals surface area contributed by atoms with Gasteiger partial charge in [0.15, 0.2) is 0 Å². The number of aliphatic hydroxyl groups excluding tert-OH is 1. The van der Waals surface area contributed by atoms with Crippen molar-refractivity contribution in [1.29, 1.82) is 0 Å². The summed E-state index contributed by atoms with van der Waals surface area (Å²) < 4.78 is 0. The minimum atomic E-state index is -1.02. The van der Waals surface area contributed by atoms with E-state index in [0.717, 1.165) is 0 Å². The van der Waals surface area contributed by atoms with E-state index in [9.17, 15) is 9.59 Å². The van der Waals surface area contributed by atoms with E-state index in [0.29, 0.717) is 25.8 Å². The van der Waals surface area contributed by atoms with Crippen molar-refractivity contribution >= 4 is 12.0 Å². The Balaban J connectivity index is 4.15. The topological polar surface area (TPSA) is 89.9 Å². The number of carboxylic acids is 1. The molecule has 0 spiro atoms. The van der Waals surface area contributed by atoms with Crippen molar-refractivity contribution in [2.24, 2.45) is 0 Å². The predicted octanol–water partition coefficient (Wildman–Crippen LogP) is 0.652. The molecule has 0 fully saturated rings. The third-order valence-corrected chi connectivity index (χ3v) is 2.40. The number of nitrogens with one attached hydrogen (secondary N) is 1. The van der Waals surface area contributed by atoms with E-state index < -0.39 is 24.1 Å². The molecule has 3 N–H and O–H groups in total. The van der Waals surface area contributed by atoms with Crippen LogP contribution in [0.3, 0.4) is 0 Å². The van der Waals surface area contributed by atoms with Crippen molar-refractivity contribution in [3.05, 3.63) is 0 Å². The molecule has 17 heavy (non-hydrogen) atoms. The van der Waals surface area contributed by atoms with Gasteiger partial charge in [-0.25, -0.2) is 9.59 Å². The van der Waals surface area contributed by atoms with E-state index >= 15 is 0 Å². The Morgan fingerprint density at radius 3 is 2.35 bits per heavy atom. The molecule has 0 radical (unpaired) electrons. The van der Waals surface area contributed by atoms with Crippen LogP contribution < -0.4 is 5.32 Å². The Morgan fingerprint density at radius 1 is 1.35 bits per heavy atom. The summed E-state index contributed by atoms with van der Waals surface area (Å²) in [6.07, 6.45) is 1.09. The van der Waals surface area contributed by atoms with E-state index in [1.807, 2.05) is 6.92 Å². The Bertz CT molecular complexity index is 256. The van der Waals surface area contributed by atoms with Gasteiger partial charge in [-0.3, -0.25) is 0 Å². The fraction of sp³-hybridized carbons (Fsp3) is 0.818. The SMILES string of the molecule is CCC[C@H](NC(=O)N(C)CCC(C)O)C(=O)O. The zero-order valence-corrected chi connectivity index (χ0v) is 10.6. The number of carboxylic acid groups (broad SMARTS) is 1. The second kappa shape index (κ2) is 7.89. The number of carbonyl (C=O) groups excluding carboxylic acids is 1. The van der Waals surface area contributed by atoms with Crippen LogP contribution in [0.4, 0.5) is 4.79 Å². The van der Waals surface area contributed by atoms with Crippen LogP contribution in [0, 0.1) is 0 Å². The van der Waals surface area contributed by atoms with Gasteiger partial charge < -0.3 is 20.4 Å². The summed E-state index contributed by atoms with van der Waals surface area (Å²) in [5.41, 5.74) is 0. The average molecular weight is 246 g/mol. The highest BCUT2D eigenvalue weighted by Crippen LogP contribution is 1.99. The van der Waals surface area contributed by atoms with Crippen molar-refractivity contribution < 1.29 is 19.8 Å². The average Bonchev–Trinajstić information content (AvgIpc) is 2.24. The molecule has 0 heterocycles. The normalized spacial score (nSPS) is 13.9. The summed E-state index contributed by atoms with van der Waals surface area (Å²) >= 11 is 0. The molecule has 0 saturated heterocycles. The second-order valence-electron chi connectivity index (χ2n) is 4.19. The molecule has 6 heteroatoms. The van der Waals surface area contributed by atoms with Crippen LogP contribution in [0.2, 0.25) is 0 Å². The number of urea groups is 1. The van der Waals surface area contributed by atoms with E-state index in [2.05, 4.69) is 5.32 Å². The summed E-state index contributed by atoms with van der Waals surface area (Å²) in [5.74, 6) is -1.02. The van der Waals surface area contributed by atoms with Crippen LogP contribution >= 0.6 is 0 Å². The van der Waals surface area contributed by atoms with Gasteiger partial charge in [-0.05, 0) is 19.8 Å². The molecule has 0 aliphatic rings. The maximum Gasteiger partial charge on any atom is 0.326 e. The lowest BCUT2D eigenvalue weighted by Gasteiger charge is -2.21. The number of hydrogen-bond acceptors (Lipinski definition) is 3. The zero-order valence-electron chi connectivity index (χ0n) is 10.6. The lowest BCUT2D eigenvalue weighted by Crippen LogP contribution is -2.47. The third-order valence-electron chi connectivity index (χ3n) is 2.40. The standard InChI is InChI=1S/C11H22N2O4/c1-4-5-9(10(15)16)12-11(17)13(3)7-6-8(2)14/h8-9,14H,4-7H2,1-3H3,(H,12,17)(H,15,16)/t8?,9-/m0/s1. The van der Waals surface area contributed by atoms with Crippen LogP contribution in [-0.4, -0.2) is 52.9 Å². The molecular weight excluding hydrogens is 224 g/mol. The fourth-order valence-electron chi connectivity index (χ4n) is 1.29. The molecule has 0 aromatic rings. The minimum absolute atomic E-state index is 0.391. The summed E-state index contributed by atoms with van der Waals surface area (Å²) in [7, 11) is 1.57. The Hall–Kier alpha value is -1.30. The van der Waals surface area contributed by atoms with E-state index in [-0.39, 0.29) is 0 Å². The number of rotatable bonds is 7. The number of hydrogen-bond donors (Lipinski definition) is 3. The Kier molecular flexibility index (Phi) is 7.29. The van der Waals surface area contributed by atoms with E-state index in [1.165, 1.54) is 4.90 Å². The molecule has 0 bridgehead atoms. The number of nitrogens with zero attached hydrogens (tertiary/aromatic N) is 1. The van der Waals surface area contributed by atoms with Gasteiger partial charge in [0.25, 0.3) is 0 Å². The second-order valence-corrected chi connectivity index (χ2v) is 4.19. The predicted molar refractivity (Wildman–Crippen MR) is 63.8 cm³/mol. The molecule has 2 amide bonds. The van der Waals surface area contributed by atoms with Crippen LogP contribution in [-0.2, 0) is 4.79 Å². The molecule has 0 aliphatic carbocycles. The Morgan fingerprint density at radius 2 is 1.94 bits per heavy atom. The van der Waals surface area contributed by atoms with Gasteiger partial charge in [0.1, 0.15) is 6.04 Å². The monoisotopic (exact) mass is 246 g/mol. The molecule has 0 aromatic heterocycles. The summed E-state index contributed by atoms with van der Waals surface area (Å²) in [6, 6.07) is -1.27. The largest absolute Gasteiger partial charge is 0.480 e. The van der Waals surface area contributed by atoms with Crippen LogP contribution in [0.5, 0.6) is 0 Å². The van der Waals surface area contributed by atoms with Crippen molar-refractivity contribution in [3.63, 3.8) is 0 Å². The van der Waals surface area contributed by atoms with Crippen molar-refractivity contribution in [1.82, 2.24) is 10.2 Å². The maximum absolute atomic E-state index is 11.6. The van der Waals surface area contributed by atoms with Gasteiger partial charge in [-0.15, -0.1) is 0 Å². The van der Waals surface area contributed by atoms with Crippen LogP contribution in [0.1, 0.15) is 33.1 Å². The first-order valence-corrected chi connectivity index (χ1v) is 5.81. The molecular formula is C11H22N2O4. The zero-order chi connectivity index (χ0) is 13.4. The minimum Gasteiger partial charge on any atom is -0.480 e. The summed E-state index contributed by atoms with van der Waals surface area (Å²) in [5, 5.41) is 20.4. The molecule has 2 atom stereocenters. The Labute approximate surface area is 102 Å². The number of carbonyl (C=O) groups is 2. The molecule has 0 aromatic carbocycles. The summed E-state index contributed by atoms with van der Waals surface area (Å²) in [6.45, 7) is 3.89. The molecule has 1 unspecified atom stereocenters. The van der Waals surface area contributed by atoms with Gasteiger partial charge in [0.05, 0.1) is 6.10 Å². The van der Waals surface area contributed by atoms with Gasteiger partial charge >= 0.3 is 12.0 Å². The first kappa shape index (κ1) is 15.7. The van der Waals surface area contributed by atoms with E-state index in [1.54, 1.807) is 14.0 Å². The first-order valence-electron chi connectivity index (χ1n) is 5.81. The highest BCUT2D eigenvalue weighted by Gasteiger charge is 2.20. The quantitative estimate of drug-likeness (QED) is 0.615. The summed E-state index contributed by atoms with van der Waals surface area (Å²) in [4.78, 5) is 23.8. The number of amides is 2. The molecule has 0 rings (SSSR count). The maximum atomic E-state index is 11.6. The van der Waals surface area contributed by atoms with E-state index in [4.69, 9.17) is 10.2 Å². The molecule has 0 saturated carbocycles. The lowest BCUT2D eigenvalue weighted by atomic mass is 10.2. The van der Waals surface area contributed by atoms with Crippen molar-refractivity contribution in [2.75, 3.05) is 13.6 Å². The first-order chi connectivity index (χ1) is 7.88. The third kappa shape index (κ3) is 6.78. The highest BCUT2D eigenvalue weighted by atomic mass is 16.4. The number of aliphatic hydroxyl groups is 1. The fourth-order valence-corrected chi connectivity index (χ4v) is 1.29. The van der Waals surface area contributed by atoms with Gasteiger partial charge in [0.2, 0.25) is 0 Å². The molecule has 6 nitrogen and oxygen atoms in total. The van der Waals surface area contributed by atoms with Crippen LogP contribution in [0.25, 0.3) is 0 Å². The van der Waals surface area contributed by atoms with Gasteiger partial charge in [0, 0.05) is 13.6 Å². The smallest absolute Gasteiger partial charge is 0.326 e. The lowest BCUT2D eigenvalue weighted by molar-refractivity contribution is -0.139. The molecule has 100 valence electrons. The van der Waals surface area contributed by atoms with Crippen LogP contribution in [0.15, 0.2) is 0 Å². The molecule has 0 aliphatic heterocycles. The highest BCUT2D eigenvalue weighted by molar-refractivity contribution is 5.82.